The van der Waals surface area contributed by atoms with Gasteiger partial charge in [0.1, 0.15) is 17.2 Å². The van der Waals surface area contributed by atoms with Gasteiger partial charge in [0.25, 0.3) is 5.56 Å². The SMILES string of the molecule is COC(=O)c1cn2nc(C)c(/N=N/c3snc(C)c3C#N)c2[nH]c1=O. The number of nitrogens with one attached hydrogen (secondary N) is 1. The Kier molecular flexibility index (Phi) is 4.12. The first-order chi connectivity index (χ1) is 12.0. The quantitative estimate of drug-likeness (QED) is 0.563. The number of nitrogens with zero attached hydrogens (tertiary/aromatic N) is 6. The van der Waals surface area contributed by atoms with Gasteiger partial charge >= 0.3 is 5.97 Å². The smallest absolute Gasteiger partial charge is 0.345 e. The number of H-pyrrole nitrogens is 1. The standard InChI is InChI=1S/C14H11N7O3S/c1-6-8(4-15)13(25-20-6)18-17-10-7(2)19-21-5-9(14(23)24-3)12(22)16-11(10)21/h5H,1-3H3,(H,16,22)/b18-17+. The summed E-state index contributed by atoms with van der Waals surface area (Å²) in [5.41, 5.74) is 1.22. The average molecular weight is 357 g/mol. The van der Waals surface area contributed by atoms with Crippen molar-refractivity contribution >= 4 is 33.8 Å². The Labute approximate surface area is 144 Å². The number of carbonyl (C=O) groups is 1. The average Bonchev–Trinajstić information content (AvgIpc) is 3.10. The van der Waals surface area contributed by atoms with Gasteiger partial charge in [0, 0.05) is 0 Å². The molecule has 25 heavy (non-hydrogen) atoms. The summed E-state index contributed by atoms with van der Waals surface area (Å²) >= 11 is 1.05. The van der Waals surface area contributed by atoms with Crippen molar-refractivity contribution in [2.75, 3.05) is 7.11 Å². The van der Waals surface area contributed by atoms with Crippen molar-refractivity contribution in [1.29, 1.82) is 5.26 Å². The molecule has 3 aromatic heterocycles. The van der Waals surface area contributed by atoms with Crippen LogP contribution in [0.4, 0.5) is 10.7 Å². The number of ether oxygens (including phenoxy) is 1. The van der Waals surface area contributed by atoms with Crippen molar-refractivity contribution in [3.05, 3.63) is 39.1 Å². The molecule has 126 valence electrons. The van der Waals surface area contributed by atoms with Crippen LogP contribution < -0.4 is 5.56 Å². The van der Waals surface area contributed by atoms with Crippen LogP contribution in [0.3, 0.4) is 0 Å². The molecule has 0 aromatic carbocycles. The van der Waals surface area contributed by atoms with Gasteiger partial charge < -0.3 is 9.72 Å². The molecule has 0 amide bonds. The van der Waals surface area contributed by atoms with Gasteiger partial charge in [-0.1, -0.05) is 0 Å². The molecule has 0 aliphatic heterocycles. The van der Waals surface area contributed by atoms with Crippen LogP contribution in [0.1, 0.15) is 27.3 Å². The van der Waals surface area contributed by atoms with Gasteiger partial charge in [-0.15, -0.1) is 10.2 Å². The number of methoxy groups -OCH3 is 1. The van der Waals surface area contributed by atoms with Crippen molar-refractivity contribution in [2.45, 2.75) is 13.8 Å². The zero-order valence-corrected chi connectivity index (χ0v) is 14.2. The number of aromatic nitrogens is 4. The Morgan fingerprint density at radius 3 is 2.84 bits per heavy atom. The van der Waals surface area contributed by atoms with Gasteiger partial charge in [-0.2, -0.15) is 14.7 Å². The van der Waals surface area contributed by atoms with E-state index >= 15 is 0 Å². The third kappa shape index (κ3) is 2.79. The molecular formula is C14H11N7O3S. The van der Waals surface area contributed by atoms with Crippen LogP contribution >= 0.6 is 11.5 Å². The van der Waals surface area contributed by atoms with Crippen molar-refractivity contribution in [1.82, 2.24) is 19.0 Å². The summed E-state index contributed by atoms with van der Waals surface area (Å²) < 4.78 is 9.94. The van der Waals surface area contributed by atoms with E-state index in [1.807, 2.05) is 6.07 Å². The maximum atomic E-state index is 12.1. The minimum absolute atomic E-state index is 0.175. The fourth-order valence-electron chi connectivity index (χ4n) is 2.13. The molecular weight excluding hydrogens is 346 g/mol. The van der Waals surface area contributed by atoms with Crippen LogP contribution in [0, 0.1) is 25.2 Å². The zero-order valence-electron chi connectivity index (χ0n) is 13.4. The minimum atomic E-state index is -0.765. The van der Waals surface area contributed by atoms with E-state index in [2.05, 4.69) is 29.4 Å². The maximum absolute atomic E-state index is 12.1. The molecule has 10 nitrogen and oxygen atoms in total. The van der Waals surface area contributed by atoms with Crippen LogP contribution in [0.5, 0.6) is 0 Å². The van der Waals surface area contributed by atoms with Gasteiger partial charge in [0.2, 0.25) is 0 Å². The number of hydrogen-bond acceptors (Lipinski definition) is 9. The van der Waals surface area contributed by atoms with E-state index in [0.717, 1.165) is 11.5 Å². The van der Waals surface area contributed by atoms with Crippen molar-refractivity contribution in [3.63, 3.8) is 0 Å². The van der Waals surface area contributed by atoms with Crippen molar-refractivity contribution in [2.24, 2.45) is 10.2 Å². The van der Waals surface area contributed by atoms with Crippen molar-refractivity contribution in [3.8, 4) is 6.07 Å². The fraction of sp³-hybridized carbons (Fsp3) is 0.214. The van der Waals surface area contributed by atoms with Gasteiger partial charge in [0.15, 0.2) is 16.3 Å². The first-order valence-corrected chi connectivity index (χ1v) is 7.72. The predicted octanol–water partition coefficient (Wildman–Crippen LogP) is 2.17. The second kappa shape index (κ2) is 6.25. The van der Waals surface area contributed by atoms with Crippen LogP contribution in [0.25, 0.3) is 5.65 Å². The first-order valence-electron chi connectivity index (χ1n) is 6.95. The molecule has 0 aliphatic carbocycles. The number of hydrogen-bond donors (Lipinski definition) is 1. The normalized spacial score (nSPS) is 11.1. The van der Waals surface area contributed by atoms with Crippen LogP contribution in [-0.4, -0.2) is 32.1 Å². The molecule has 11 heteroatoms. The monoisotopic (exact) mass is 357 g/mol. The zero-order chi connectivity index (χ0) is 18.1. The molecule has 3 aromatic rings. The summed E-state index contributed by atoms with van der Waals surface area (Å²) in [6.07, 6.45) is 1.27. The van der Waals surface area contributed by atoms with Crippen molar-refractivity contribution < 1.29 is 9.53 Å². The lowest BCUT2D eigenvalue weighted by atomic mass is 10.3. The van der Waals surface area contributed by atoms with E-state index in [4.69, 9.17) is 5.26 Å². The molecule has 3 heterocycles. The number of esters is 1. The Morgan fingerprint density at radius 2 is 2.16 bits per heavy atom. The molecule has 0 atom stereocenters. The largest absolute Gasteiger partial charge is 0.465 e. The highest BCUT2D eigenvalue weighted by molar-refractivity contribution is 7.10. The molecule has 3 rings (SSSR count). The molecule has 0 bridgehead atoms. The molecule has 0 fully saturated rings. The Hall–Kier alpha value is -3.39. The summed E-state index contributed by atoms with van der Waals surface area (Å²) in [5.74, 6) is -0.765. The first kappa shape index (κ1) is 16.5. The Balaban J connectivity index is 2.11. The maximum Gasteiger partial charge on any atom is 0.345 e. The van der Waals surface area contributed by atoms with Gasteiger partial charge in [0.05, 0.1) is 24.7 Å². The number of rotatable bonds is 3. The van der Waals surface area contributed by atoms with Crippen LogP contribution in [0.2, 0.25) is 0 Å². The summed E-state index contributed by atoms with van der Waals surface area (Å²) in [5, 5.41) is 21.8. The van der Waals surface area contributed by atoms with E-state index in [9.17, 15) is 9.59 Å². The minimum Gasteiger partial charge on any atom is -0.465 e. The fourth-order valence-corrected chi connectivity index (χ4v) is 2.81. The summed E-state index contributed by atoms with van der Waals surface area (Å²) in [7, 11) is 1.18. The Bertz CT molecular complexity index is 1120. The van der Waals surface area contributed by atoms with Gasteiger partial charge in [-0.25, -0.2) is 9.31 Å². The molecule has 0 saturated carbocycles. The summed E-state index contributed by atoms with van der Waals surface area (Å²) in [6, 6.07) is 2.03. The number of fused-ring (bicyclic) bond motifs is 1. The topological polar surface area (TPSA) is 138 Å². The third-order valence-corrected chi connectivity index (χ3v) is 4.21. The number of azo groups is 1. The highest BCUT2D eigenvalue weighted by atomic mass is 32.1. The number of aromatic amines is 1. The van der Waals surface area contributed by atoms with Gasteiger partial charge in [-0.05, 0) is 25.4 Å². The second-order valence-electron chi connectivity index (χ2n) is 4.98. The lowest BCUT2D eigenvalue weighted by molar-refractivity contribution is 0.0598. The molecule has 0 aliphatic rings. The summed E-state index contributed by atoms with van der Waals surface area (Å²) in [6.45, 7) is 3.39. The van der Waals surface area contributed by atoms with Crippen LogP contribution in [0.15, 0.2) is 21.2 Å². The van der Waals surface area contributed by atoms with E-state index in [1.54, 1.807) is 13.8 Å². The molecule has 0 unspecified atom stereocenters. The van der Waals surface area contributed by atoms with Gasteiger partial charge in [-0.3, -0.25) is 4.79 Å². The number of nitriles is 1. The second-order valence-corrected chi connectivity index (χ2v) is 5.73. The van der Waals surface area contributed by atoms with E-state index in [1.165, 1.54) is 17.8 Å². The Morgan fingerprint density at radius 1 is 1.40 bits per heavy atom. The molecule has 0 radical (unpaired) electrons. The van der Waals surface area contributed by atoms with E-state index < -0.39 is 11.5 Å². The number of carbonyl (C=O) groups excluding carboxylic acids is 1. The molecule has 0 spiro atoms. The van der Waals surface area contributed by atoms with E-state index in [-0.39, 0.29) is 11.2 Å². The molecule has 1 N–H and O–H groups in total. The lowest BCUT2D eigenvalue weighted by Gasteiger charge is -1.99. The van der Waals surface area contributed by atoms with Crippen LogP contribution in [-0.2, 0) is 4.74 Å². The lowest BCUT2D eigenvalue weighted by Crippen LogP contribution is -2.20. The number of aryl methyl sites for hydroxylation is 2. The van der Waals surface area contributed by atoms with E-state index in [0.29, 0.717) is 27.6 Å². The highest BCUT2D eigenvalue weighted by Crippen LogP contribution is 2.30. The summed E-state index contributed by atoms with van der Waals surface area (Å²) in [4.78, 5) is 26.2. The highest BCUT2D eigenvalue weighted by Gasteiger charge is 2.17. The molecule has 0 saturated heterocycles. The third-order valence-electron chi connectivity index (χ3n) is 3.38. The predicted molar refractivity (Wildman–Crippen MR) is 87.6 cm³/mol.